The zero-order valence-electron chi connectivity index (χ0n) is 11.5. The van der Waals surface area contributed by atoms with Gasteiger partial charge >= 0.3 is 0 Å². The van der Waals surface area contributed by atoms with Crippen molar-refractivity contribution in [3.8, 4) is 0 Å². The maximum Gasteiger partial charge on any atom is 0.103 e. The van der Waals surface area contributed by atoms with Gasteiger partial charge in [0.05, 0.1) is 6.26 Å². The second kappa shape index (κ2) is 5.88. The molecule has 102 valence electrons. The van der Waals surface area contributed by atoms with Crippen molar-refractivity contribution in [1.82, 2.24) is 10.3 Å². The smallest absolute Gasteiger partial charge is 0.103 e. The molecule has 1 N–H and O–H groups in total. The number of nitrogens with one attached hydrogen (secondary N) is 1. The number of rotatable bonds is 5. The molecule has 3 aromatic rings. The lowest BCUT2D eigenvalue weighted by molar-refractivity contribution is 0.470. The minimum absolute atomic E-state index is 0.277. The van der Waals surface area contributed by atoms with E-state index < -0.39 is 0 Å². The van der Waals surface area contributed by atoms with Crippen LogP contribution in [0.1, 0.15) is 23.8 Å². The predicted molar refractivity (Wildman–Crippen MR) is 80.6 cm³/mol. The fraction of sp³-hybridized carbons (Fsp3) is 0.235. The summed E-state index contributed by atoms with van der Waals surface area (Å²) in [7, 11) is 1.99. The highest BCUT2D eigenvalue weighted by Crippen LogP contribution is 2.26. The number of hydrogen-bond donors (Lipinski definition) is 1. The number of pyridine rings is 1. The predicted octanol–water partition coefficient (Wildman–Crippen LogP) is 3.72. The molecule has 0 fully saturated rings. The van der Waals surface area contributed by atoms with Gasteiger partial charge < -0.3 is 9.73 Å². The molecule has 1 unspecified atom stereocenters. The Kier molecular flexibility index (Phi) is 3.79. The molecule has 0 spiro atoms. The Morgan fingerprint density at radius 3 is 2.85 bits per heavy atom. The largest absolute Gasteiger partial charge is 0.469 e. The van der Waals surface area contributed by atoms with E-state index in [0.717, 1.165) is 18.6 Å². The fourth-order valence-corrected chi connectivity index (χ4v) is 2.61. The first-order valence-corrected chi connectivity index (χ1v) is 6.91. The normalized spacial score (nSPS) is 12.7. The van der Waals surface area contributed by atoms with Gasteiger partial charge in [0.1, 0.15) is 5.76 Å². The molecule has 0 aliphatic heterocycles. The van der Waals surface area contributed by atoms with Crippen LogP contribution in [0.15, 0.2) is 59.5 Å². The molecule has 3 heteroatoms. The Hall–Kier alpha value is -2.13. The van der Waals surface area contributed by atoms with Crippen LogP contribution in [0.5, 0.6) is 0 Å². The van der Waals surface area contributed by atoms with E-state index in [1.165, 1.54) is 16.3 Å². The van der Waals surface area contributed by atoms with Crippen molar-refractivity contribution >= 4 is 10.8 Å². The minimum Gasteiger partial charge on any atom is -0.469 e. The lowest BCUT2D eigenvalue weighted by Crippen LogP contribution is -2.17. The summed E-state index contributed by atoms with van der Waals surface area (Å²) in [5, 5.41) is 5.84. The standard InChI is InChI=1S/C17H18N2O/c1-18-17(9-8-14-6-4-10-20-14)16-12-19-11-13-5-2-3-7-15(13)16/h2-7,10-12,17-18H,8-9H2,1H3. The van der Waals surface area contributed by atoms with Gasteiger partial charge in [-0.05, 0) is 36.6 Å². The van der Waals surface area contributed by atoms with Gasteiger partial charge in [-0.1, -0.05) is 24.3 Å². The summed E-state index contributed by atoms with van der Waals surface area (Å²) in [6.45, 7) is 0. The maximum atomic E-state index is 5.41. The molecule has 0 amide bonds. The van der Waals surface area contributed by atoms with Gasteiger partial charge in [-0.3, -0.25) is 4.98 Å². The highest BCUT2D eigenvalue weighted by molar-refractivity contribution is 5.85. The van der Waals surface area contributed by atoms with Gasteiger partial charge in [-0.15, -0.1) is 0 Å². The zero-order chi connectivity index (χ0) is 13.8. The van der Waals surface area contributed by atoms with Crippen LogP contribution in [0.2, 0.25) is 0 Å². The van der Waals surface area contributed by atoms with E-state index in [1.807, 2.05) is 37.6 Å². The molecule has 0 radical (unpaired) electrons. The van der Waals surface area contributed by atoms with Crippen molar-refractivity contribution in [3.05, 3.63) is 66.4 Å². The van der Waals surface area contributed by atoms with Gasteiger partial charge in [0.25, 0.3) is 0 Å². The van der Waals surface area contributed by atoms with Gasteiger partial charge in [0, 0.05) is 30.2 Å². The van der Waals surface area contributed by atoms with E-state index in [1.54, 1.807) is 6.26 Å². The fourth-order valence-electron chi connectivity index (χ4n) is 2.61. The molecule has 0 aliphatic carbocycles. The van der Waals surface area contributed by atoms with Crippen molar-refractivity contribution < 1.29 is 4.42 Å². The first-order chi connectivity index (χ1) is 9.88. The maximum absolute atomic E-state index is 5.41. The summed E-state index contributed by atoms with van der Waals surface area (Å²) in [5.41, 5.74) is 1.25. The molecular formula is C17H18N2O. The topological polar surface area (TPSA) is 38.1 Å². The molecule has 20 heavy (non-hydrogen) atoms. The first kappa shape index (κ1) is 12.9. The Balaban J connectivity index is 1.87. The molecule has 1 atom stereocenters. The highest BCUT2D eigenvalue weighted by Gasteiger charge is 2.13. The third-order valence-corrected chi connectivity index (χ3v) is 3.68. The summed E-state index contributed by atoms with van der Waals surface area (Å²) in [6.07, 6.45) is 7.51. The Labute approximate surface area is 118 Å². The highest BCUT2D eigenvalue weighted by atomic mass is 16.3. The molecular weight excluding hydrogens is 248 g/mol. The summed E-state index contributed by atoms with van der Waals surface area (Å²) >= 11 is 0. The molecule has 0 bridgehead atoms. The molecule has 2 heterocycles. The zero-order valence-corrected chi connectivity index (χ0v) is 11.5. The van der Waals surface area contributed by atoms with Crippen molar-refractivity contribution in [2.75, 3.05) is 7.05 Å². The third kappa shape index (κ3) is 2.58. The molecule has 1 aromatic carbocycles. The van der Waals surface area contributed by atoms with Crippen LogP contribution >= 0.6 is 0 Å². The van der Waals surface area contributed by atoms with E-state index in [0.29, 0.717) is 0 Å². The molecule has 0 aliphatic rings. The molecule has 0 saturated carbocycles. The quantitative estimate of drug-likeness (QED) is 0.764. The van der Waals surface area contributed by atoms with Crippen LogP contribution in [0.3, 0.4) is 0 Å². The molecule has 0 saturated heterocycles. The van der Waals surface area contributed by atoms with Crippen LogP contribution in [-0.2, 0) is 6.42 Å². The van der Waals surface area contributed by atoms with E-state index in [-0.39, 0.29) is 6.04 Å². The summed E-state index contributed by atoms with van der Waals surface area (Å²) in [6, 6.07) is 12.6. The van der Waals surface area contributed by atoms with E-state index in [4.69, 9.17) is 4.42 Å². The second-order valence-corrected chi connectivity index (χ2v) is 4.91. The van der Waals surface area contributed by atoms with E-state index in [9.17, 15) is 0 Å². The number of benzene rings is 1. The second-order valence-electron chi connectivity index (χ2n) is 4.91. The van der Waals surface area contributed by atoms with Crippen LogP contribution < -0.4 is 5.32 Å². The van der Waals surface area contributed by atoms with E-state index in [2.05, 4.69) is 28.5 Å². The number of aromatic nitrogens is 1. The third-order valence-electron chi connectivity index (χ3n) is 3.68. The van der Waals surface area contributed by atoms with Crippen molar-refractivity contribution in [1.29, 1.82) is 0 Å². The van der Waals surface area contributed by atoms with Gasteiger partial charge in [0.2, 0.25) is 0 Å². The van der Waals surface area contributed by atoms with Crippen LogP contribution in [0.25, 0.3) is 10.8 Å². The van der Waals surface area contributed by atoms with Crippen molar-refractivity contribution in [2.45, 2.75) is 18.9 Å². The van der Waals surface area contributed by atoms with Gasteiger partial charge in [0.15, 0.2) is 0 Å². The van der Waals surface area contributed by atoms with Gasteiger partial charge in [-0.2, -0.15) is 0 Å². The Bertz CT molecular complexity index is 671. The van der Waals surface area contributed by atoms with Gasteiger partial charge in [-0.25, -0.2) is 0 Å². The summed E-state index contributed by atoms with van der Waals surface area (Å²) < 4.78 is 5.41. The average Bonchev–Trinajstić information content (AvgIpc) is 3.01. The number of nitrogens with zero attached hydrogens (tertiary/aromatic N) is 1. The van der Waals surface area contributed by atoms with Crippen LogP contribution in [0, 0.1) is 0 Å². The molecule has 2 aromatic heterocycles. The number of furan rings is 1. The average molecular weight is 266 g/mol. The van der Waals surface area contributed by atoms with Crippen molar-refractivity contribution in [3.63, 3.8) is 0 Å². The summed E-state index contributed by atoms with van der Waals surface area (Å²) in [5.74, 6) is 1.03. The molecule has 3 rings (SSSR count). The number of aryl methyl sites for hydroxylation is 1. The number of fused-ring (bicyclic) bond motifs is 1. The minimum atomic E-state index is 0.277. The van der Waals surface area contributed by atoms with Crippen molar-refractivity contribution in [2.24, 2.45) is 0 Å². The van der Waals surface area contributed by atoms with E-state index >= 15 is 0 Å². The lowest BCUT2D eigenvalue weighted by atomic mass is 9.98. The summed E-state index contributed by atoms with van der Waals surface area (Å²) in [4.78, 5) is 4.36. The first-order valence-electron chi connectivity index (χ1n) is 6.91. The Morgan fingerprint density at radius 1 is 1.15 bits per heavy atom. The SMILES string of the molecule is CNC(CCc1ccco1)c1cncc2ccccc12. The van der Waals surface area contributed by atoms with Crippen LogP contribution in [-0.4, -0.2) is 12.0 Å². The van der Waals surface area contributed by atoms with Crippen LogP contribution in [0.4, 0.5) is 0 Å². The monoisotopic (exact) mass is 266 g/mol. The lowest BCUT2D eigenvalue weighted by Gasteiger charge is -2.17. The number of hydrogen-bond acceptors (Lipinski definition) is 3. The molecule has 3 nitrogen and oxygen atoms in total. The Morgan fingerprint density at radius 2 is 2.05 bits per heavy atom.